The molecule has 3 N–H and O–H groups in total. The molecule has 0 saturated heterocycles. The molecule has 8 nitrogen and oxygen atoms in total. The number of nitrogen functional groups attached to an aromatic ring is 1. The molecule has 0 bridgehead atoms. The quantitative estimate of drug-likeness (QED) is 0.343. The van der Waals surface area contributed by atoms with Crippen molar-refractivity contribution in [1.82, 2.24) is 0 Å². The summed E-state index contributed by atoms with van der Waals surface area (Å²) in [5, 5.41) is 14.0. The molecule has 0 aliphatic heterocycles. The third-order valence-corrected chi connectivity index (χ3v) is 3.87. The average Bonchev–Trinajstić information content (AvgIpc) is 2.58. The van der Waals surface area contributed by atoms with Crippen molar-refractivity contribution in [3.63, 3.8) is 0 Å². The molecule has 0 aliphatic carbocycles. The zero-order chi connectivity index (χ0) is 19.4. The van der Waals surface area contributed by atoms with Crippen molar-refractivity contribution in [3.8, 4) is 0 Å². The van der Waals surface area contributed by atoms with E-state index in [1.807, 2.05) is 0 Å². The summed E-state index contributed by atoms with van der Waals surface area (Å²) < 4.78 is 5.02. The van der Waals surface area contributed by atoms with Crippen LogP contribution in [-0.4, -0.2) is 22.9 Å². The van der Waals surface area contributed by atoms with Crippen LogP contribution in [0.25, 0.3) is 0 Å². The lowest BCUT2D eigenvalue weighted by Gasteiger charge is -2.14. The summed E-state index contributed by atoms with van der Waals surface area (Å²) in [6.45, 7) is 1.34. The van der Waals surface area contributed by atoms with Gasteiger partial charge in [0, 0.05) is 11.1 Å². The van der Waals surface area contributed by atoms with Crippen molar-refractivity contribution in [1.29, 1.82) is 0 Å². The van der Waals surface area contributed by atoms with E-state index in [9.17, 15) is 19.7 Å². The first-order chi connectivity index (χ1) is 12.2. The van der Waals surface area contributed by atoms with Crippen LogP contribution in [0.1, 0.15) is 17.3 Å². The van der Waals surface area contributed by atoms with E-state index in [4.69, 9.17) is 33.7 Å². The fourth-order valence-corrected chi connectivity index (χ4v) is 2.28. The molecule has 2 aromatic carbocycles. The second-order valence-electron chi connectivity index (χ2n) is 5.19. The van der Waals surface area contributed by atoms with Gasteiger partial charge >= 0.3 is 5.97 Å². The molecule has 136 valence electrons. The van der Waals surface area contributed by atoms with Crippen molar-refractivity contribution in [2.75, 3.05) is 11.1 Å². The predicted molar refractivity (Wildman–Crippen MR) is 97.5 cm³/mol. The van der Waals surface area contributed by atoms with Gasteiger partial charge in [0.05, 0.1) is 21.2 Å². The zero-order valence-corrected chi connectivity index (χ0v) is 14.9. The molecule has 0 heterocycles. The van der Waals surface area contributed by atoms with Gasteiger partial charge in [-0.2, -0.15) is 0 Å². The summed E-state index contributed by atoms with van der Waals surface area (Å²) in [7, 11) is 0. The Labute approximate surface area is 158 Å². The molecule has 26 heavy (non-hydrogen) atoms. The molecule has 1 amide bonds. The molecule has 2 rings (SSSR count). The number of halogens is 2. The first kappa shape index (κ1) is 19.5. The number of nitrogens with zero attached hydrogens (tertiary/aromatic N) is 1. The van der Waals surface area contributed by atoms with Crippen LogP contribution in [0.4, 0.5) is 17.1 Å². The lowest BCUT2D eigenvalue weighted by atomic mass is 10.2. The monoisotopic (exact) mass is 397 g/mol. The number of amides is 1. The van der Waals surface area contributed by atoms with Crippen LogP contribution in [0.15, 0.2) is 36.4 Å². The van der Waals surface area contributed by atoms with Crippen LogP contribution in [0.2, 0.25) is 10.0 Å². The maximum atomic E-state index is 12.2. The van der Waals surface area contributed by atoms with Crippen molar-refractivity contribution in [2.24, 2.45) is 0 Å². The Kier molecular flexibility index (Phi) is 6.01. The van der Waals surface area contributed by atoms with Gasteiger partial charge in [0.2, 0.25) is 0 Å². The van der Waals surface area contributed by atoms with Gasteiger partial charge in [-0.3, -0.25) is 14.9 Å². The number of nitrogens with one attached hydrogen (secondary N) is 1. The minimum atomic E-state index is -1.19. The van der Waals surface area contributed by atoms with E-state index in [0.29, 0.717) is 5.02 Å². The molecular formula is C16H13Cl2N3O5. The number of nitro benzene ring substituents is 1. The highest BCUT2D eigenvalue weighted by atomic mass is 35.5. The average molecular weight is 398 g/mol. The lowest BCUT2D eigenvalue weighted by molar-refractivity contribution is -0.383. The summed E-state index contributed by atoms with van der Waals surface area (Å²) in [6, 6.07) is 7.96. The van der Waals surface area contributed by atoms with Gasteiger partial charge in [0.25, 0.3) is 11.6 Å². The van der Waals surface area contributed by atoms with Gasteiger partial charge in [-0.15, -0.1) is 0 Å². The summed E-state index contributed by atoms with van der Waals surface area (Å²) in [5.74, 6) is -1.56. The first-order valence-corrected chi connectivity index (χ1v) is 7.95. The molecule has 2 aromatic rings. The molecule has 0 aromatic heterocycles. The third kappa shape index (κ3) is 4.62. The van der Waals surface area contributed by atoms with Gasteiger partial charge in [0.1, 0.15) is 5.69 Å². The Morgan fingerprint density at radius 1 is 1.23 bits per heavy atom. The highest BCUT2D eigenvalue weighted by Crippen LogP contribution is 2.26. The van der Waals surface area contributed by atoms with Crippen LogP contribution in [0, 0.1) is 10.1 Å². The van der Waals surface area contributed by atoms with Crippen LogP contribution >= 0.6 is 23.2 Å². The minimum absolute atomic E-state index is 0.0899. The Morgan fingerprint density at radius 2 is 1.92 bits per heavy atom. The van der Waals surface area contributed by atoms with Crippen molar-refractivity contribution >= 4 is 52.1 Å². The van der Waals surface area contributed by atoms with Gasteiger partial charge in [-0.05, 0) is 37.3 Å². The number of nitrogens with two attached hydrogens (primary N) is 1. The summed E-state index contributed by atoms with van der Waals surface area (Å²) in [6.07, 6.45) is -1.19. The van der Waals surface area contributed by atoms with E-state index in [0.717, 1.165) is 6.07 Å². The van der Waals surface area contributed by atoms with Gasteiger partial charge in [-0.1, -0.05) is 23.2 Å². The SMILES string of the molecule is CC(OC(=O)c1ccc(N)c([N+](=O)[O-])c1)C(=O)Nc1cc(Cl)ccc1Cl. The molecule has 10 heteroatoms. The van der Waals surface area contributed by atoms with Crippen LogP contribution in [0.3, 0.4) is 0 Å². The molecule has 1 atom stereocenters. The third-order valence-electron chi connectivity index (χ3n) is 3.30. The second-order valence-corrected chi connectivity index (χ2v) is 6.04. The van der Waals surface area contributed by atoms with E-state index in [1.54, 1.807) is 6.07 Å². The highest BCUT2D eigenvalue weighted by Gasteiger charge is 2.22. The largest absolute Gasteiger partial charge is 0.449 e. The lowest BCUT2D eigenvalue weighted by Crippen LogP contribution is -2.30. The van der Waals surface area contributed by atoms with E-state index in [2.05, 4.69) is 5.32 Å². The molecular weight excluding hydrogens is 385 g/mol. The maximum absolute atomic E-state index is 12.2. The Bertz CT molecular complexity index is 888. The van der Waals surface area contributed by atoms with Crippen LogP contribution < -0.4 is 11.1 Å². The van der Waals surface area contributed by atoms with Gasteiger partial charge in [0.15, 0.2) is 6.10 Å². The van der Waals surface area contributed by atoms with Crippen molar-refractivity contribution < 1.29 is 19.2 Å². The second kappa shape index (κ2) is 8.03. The van der Waals surface area contributed by atoms with Gasteiger partial charge < -0.3 is 15.8 Å². The number of esters is 1. The van der Waals surface area contributed by atoms with Crippen LogP contribution in [-0.2, 0) is 9.53 Å². The number of nitro groups is 1. The number of hydrogen-bond acceptors (Lipinski definition) is 6. The number of carbonyl (C=O) groups is 2. The molecule has 0 radical (unpaired) electrons. The zero-order valence-electron chi connectivity index (χ0n) is 13.4. The fraction of sp³-hybridized carbons (Fsp3) is 0.125. The Balaban J connectivity index is 2.09. The normalized spacial score (nSPS) is 11.5. The Hall–Kier alpha value is -2.84. The standard InChI is InChI=1S/C16H13Cl2N3O5/c1-8(15(22)20-13-7-10(17)3-4-11(13)18)26-16(23)9-2-5-12(19)14(6-9)21(24)25/h2-8H,19H2,1H3,(H,20,22). The number of benzene rings is 2. The van der Waals surface area contributed by atoms with E-state index >= 15 is 0 Å². The highest BCUT2D eigenvalue weighted by molar-refractivity contribution is 6.35. The first-order valence-electron chi connectivity index (χ1n) is 7.20. The number of ether oxygens (including phenoxy) is 1. The van der Waals surface area contributed by atoms with Crippen LogP contribution in [0.5, 0.6) is 0 Å². The number of anilines is 2. The Morgan fingerprint density at radius 3 is 2.58 bits per heavy atom. The van der Waals surface area contributed by atoms with E-state index in [-0.39, 0.29) is 22.0 Å². The number of carbonyl (C=O) groups excluding carboxylic acids is 2. The van der Waals surface area contributed by atoms with E-state index in [1.165, 1.54) is 31.2 Å². The number of hydrogen-bond donors (Lipinski definition) is 2. The summed E-state index contributed by atoms with van der Waals surface area (Å²) >= 11 is 11.8. The molecule has 0 saturated carbocycles. The molecule has 1 unspecified atom stereocenters. The van der Waals surface area contributed by atoms with E-state index < -0.39 is 28.6 Å². The molecule has 0 fully saturated rings. The van der Waals surface area contributed by atoms with Crippen molar-refractivity contribution in [3.05, 3.63) is 62.1 Å². The topological polar surface area (TPSA) is 125 Å². The molecule has 0 aliphatic rings. The predicted octanol–water partition coefficient (Wildman–Crippen LogP) is 3.67. The van der Waals surface area contributed by atoms with Crippen molar-refractivity contribution in [2.45, 2.75) is 13.0 Å². The fourth-order valence-electron chi connectivity index (χ4n) is 1.94. The smallest absolute Gasteiger partial charge is 0.339 e. The summed E-state index contributed by atoms with van der Waals surface area (Å²) in [4.78, 5) is 34.4. The number of rotatable bonds is 5. The molecule has 0 spiro atoms. The summed E-state index contributed by atoms with van der Waals surface area (Å²) in [5.41, 5.74) is 5.11. The van der Waals surface area contributed by atoms with Gasteiger partial charge in [-0.25, -0.2) is 4.79 Å². The maximum Gasteiger partial charge on any atom is 0.339 e. The minimum Gasteiger partial charge on any atom is -0.449 e.